The van der Waals surface area contributed by atoms with Gasteiger partial charge in [-0.1, -0.05) is 6.92 Å². The van der Waals surface area contributed by atoms with Crippen molar-refractivity contribution >= 4 is 5.78 Å². The molecule has 2 saturated heterocycles. The van der Waals surface area contributed by atoms with Crippen molar-refractivity contribution in [1.29, 1.82) is 0 Å². The Balaban J connectivity index is 1.94. The van der Waals surface area contributed by atoms with E-state index in [1.54, 1.807) is 0 Å². The number of hydrogen-bond acceptors (Lipinski definition) is 3. The number of aliphatic hydroxyl groups is 1. The summed E-state index contributed by atoms with van der Waals surface area (Å²) < 4.78 is -0.277. The summed E-state index contributed by atoms with van der Waals surface area (Å²) in [5, 5.41) is 25.1. The van der Waals surface area contributed by atoms with Crippen LogP contribution in [0.3, 0.4) is 0 Å². The lowest BCUT2D eigenvalue weighted by Gasteiger charge is -2.74. The number of carbonyl (C=O) groups excluding carboxylic acids is 1. The summed E-state index contributed by atoms with van der Waals surface area (Å²) in [5.41, 5.74) is -1.58. The van der Waals surface area contributed by atoms with Gasteiger partial charge >= 0.3 is 0 Å². The van der Waals surface area contributed by atoms with Gasteiger partial charge in [-0.3, -0.25) is 4.79 Å². The molecule has 4 aliphatic rings. The van der Waals surface area contributed by atoms with Gasteiger partial charge in [0.2, 0.25) is 0 Å². The van der Waals surface area contributed by atoms with E-state index in [1.807, 2.05) is 0 Å². The molecule has 0 aromatic carbocycles. The number of nitrogens with zero attached hydrogens (tertiary/aromatic N) is 1. The van der Waals surface area contributed by atoms with Crippen LogP contribution in [-0.2, 0) is 4.79 Å². The van der Waals surface area contributed by atoms with Crippen LogP contribution in [0.5, 0.6) is 0 Å². The number of carbonyl (C=O) groups is 1. The smallest absolute Gasteiger partial charge is 0.142 e. The van der Waals surface area contributed by atoms with Gasteiger partial charge in [-0.05, 0) is 38.0 Å². The SMILES string of the molecule is C[C@@H]1C[C@H]2CC(=O)[C@H]3CCC[N+]4([O-])CCC[C@@]2(O)C34C1. The van der Waals surface area contributed by atoms with E-state index in [0.717, 1.165) is 38.5 Å². The average Bonchev–Trinajstić information content (AvgIpc) is 2.36. The maximum absolute atomic E-state index is 13.6. The molecule has 4 heteroatoms. The molecule has 2 aliphatic carbocycles. The molecule has 112 valence electrons. The van der Waals surface area contributed by atoms with E-state index >= 15 is 0 Å². The van der Waals surface area contributed by atoms with Crippen LogP contribution in [-0.4, -0.2) is 39.8 Å². The van der Waals surface area contributed by atoms with Gasteiger partial charge in [0.25, 0.3) is 0 Å². The Bertz CT molecular complexity index is 463. The summed E-state index contributed by atoms with van der Waals surface area (Å²) in [4.78, 5) is 12.6. The summed E-state index contributed by atoms with van der Waals surface area (Å²) in [7, 11) is 0. The van der Waals surface area contributed by atoms with Crippen LogP contribution in [0.25, 0.3) is 0 Å². The highest BCUT2D eigenvalue weighted by Crippen LogP contribution is 2.63. The topological polar surface area (TPSA) is 60.4 Å². The number of hydroxylamine groups is 3. The quantitative estimate of drug-likeness (QED) is 0.545. The van der Waals surface area contributed by atoms with Gasteiger partial charge in [0, 0.05) is 18.8 Å². The molecule has 2 aliphatic heterocycles. The van der Waals surface area contributed by atoms with E-state index in [-0.39, 0.29) is 22.3 Å². The van der Waals surface area contributed by atoms with E-state index in [0.29, 0.717) is 25.4 Å². The van der Waals surface area contributed by atoms with Gasteiger partial charge < -0.3 is 15.0 Å². The molecule has 1 spiro atoms. The second kappa shape index (κ2) is 3.84. The lowest BCUT2D eigenvalue weighted by Crippen LogP contribution is -2.85. The summed E-state index contributed by atoms with van der Waals surface area (Å²) in [6.07, 6.45) is 5.38. The van der Waals surface area contributed by atoms with Crippen LogP contribution in [0.2, 0.25) is 0 Å². The molecule has 0 radical (unpaired) electrons. The number of rotatable bonds is 0. The van der Waals surface area contributed by atoms with Crippen molar-refractivity contribution in [1.82, 2.24) is 0 Å². The van der Waals surface area contributed by atoms with Gasteiger partial charge in [0.05, 0.1) is 19.0 Å². The van der Waals surface area contributed by atoms with E-state index in [1.165, 1.54) is 0 Å². The van der Waals surface area contributed by atoms with Gasteiger partial charge in [0.1, 0.15) is 16.9 Å². The highest BCUT2D eigenvalue weighted by atomic mass is 16.6. The third-order valence-corrected chi connectivity index (χ3v) is 7.00. The highest BCUT2D eigenvalue weighted by molar-refractivity contribution is 5.84. The van der Waals surface area contributed by atoms with Gasteiger partial charge in [-0.2, -0.15) is 0 Å². The number of hydrogen-bond donors (Lipinski definition) is 1. The zero-order chi connectivity index (χ0) is 14.2. The van der Waals surface area contributed by atoms with Crippen molar-refractivity contribution in [3.05, 3.63) is 5.21 Å². The predicted molar refractivity (Wildman–Crippen MR) is 74.5 cm³/mol. The first-order chi connectivity index (χ1) is 9.43. The fourth-order valence-electron chi connectivity index (χ4n) is 6.46. The van der Waals surface area contributed by atoms with Crippen molar-refractivity contribution in [2.75, 3.05) is 13.1 Å². The standard InChI is InChI=1S/C16H25NO3/c1-11-8-12-9-14(18)13-4-2-6-17(20)7-3-5-16(12,19)15(13,17)10-11/h11-13,19H,2-10H2,1H3/t11-,12+,13-,15?,16+,17?/m1/s1. The minimum atomic E-state index is -0.876. The van der Waals surface area contributed by atoms with Gasteiger partial charge in [-0.25, -0.2) is 0 Å². The predicted octanol–water partition coefficient (Wildman–Crippen LogP) is 1.99. The third-order valence-electron chi connectivity index (χ3n) is 7.00. The van der Waals surface area contributed by atoms with Gasteiger partial charge in [-0.15, -0.1) is 0 Å². The van der Waals surface area contributed by atoms with Crippen LogP contribution in [0.15, 0.2) is 0 Å². The largest absolute Gasteiger partial charge is 0.632 e. The van der Waals surface area contributed by atoms with Crippen LogP contribution in [0, 0.1) is 23.0 Å². The Kier molecular flexibility index (Phi) is 2.54. The first kappa shape index (κ1) is 13.2. The monoisotopic (exact) mass is 279 g/mol. The Morgan fingerprint density at radius 3 is 2.90 bits per heavy atom. The molecule has 0 aromatic heterocycles. The van der Waals surface area contributed by atoms with E-state index in [4.69, 9.17) is 0 Å². The fraction of sp³-hybridized carbons (Fsp3) is 0.938. The first-order valence-electron chi connectivity index (χ1n) is 8.26. The molecule has 2 unspecified atom stereocenters. The second-order valence-electron chi connectivity index (χ2n) is 7.90. The Morgan fingerprint density at radius 2 is 2.10 bits per heavy atom. The number of piperidine rings is 2. The zero-order valence-electron chi connectivity index (χ0n) is 12.3. The molecule has 4 rings (SSSR count). The molecule has 20 heavy (non-hydrogen) atoms. The number of Topliss-reactive ketones (excluding diaryl/α,β-unsaturated/α-hetero) is 1. The Hall–Kier alpha value is -0.450. The van der Waals surface area contributed by atoms with E-state index < -0.39 is 11.1 Å². The fourth-order valence-corrected chi connectivity index (χ4v) is 6.46. The molecular weight excluding hydrogens is 254 g/mol. The minimum Gasteiger partial charge on any atom is -0.632 e. The van der Waals surface area contributed by atoms with Crippen LogP contribution in [0.1, 0.15) is 51.9 Å². The lowest BCUT2D eigenvalue weighted by atomic mass is 9.46. The maximum atomic E-state index is 13.6. The summed E-state index contributed by atoms with van der Waals surface area (Å²) in [6, 6.07) is 0. The average molecular weight is 279 g/mol. The van der Waals surface area contributed by atoms with Crippen molar-refractivity contribution < 1.29 is 14.5 Å². The summed E-state index contributed by atoms with van der Waals surface area (Å²) in [5.74, 6) is 0.572. The van der Waals surface area contributed by atoms with E-state index in [2.05, 4.69) is 6.92 Å². The molecule has 2 bridgehead atoms. The van der Waals surface area contributed by atoms with Crippen LogP contribution >= 0.6 is 0 Å². The van der Waals surface area contributed by atoms with Crippen molar-refractivity contribution in [2.45, 2.75) is 63.0 Å². The van der Waals surface area contributed by atoms with Crippen molar-refractivity contribution in [3.63, 3.8) is 0 Å². The van der Waals surface area contributed by atoms with Crippen LogP contribution in [0.4, 0.5) is 0 Å². The minimum absolute atomic E-state index is 0.0276. The summed E-state index contributed by atoms with van der Waals surface area (Å²) in [6.45, 7) is 3.40. The molecule has 4 fully saturated rings. The molecule has 4 nitrogen and oxygen atoms in total. The molecular formula is C16H25NO3. The Morgan fingerprint density at radius 1 is 1.35 bits per heavy atom. The van der Waals surface area contributed by atoms with E-state index in [9.17, 15) is 15.1 Å². The lowest BCUT2D eigenvalue weighted by molar-refractivity contribution is -0.959. The number of quaternary nitrogens is 1. The molecule has 0 aromatic rings. The normalized spacial score (nSPS) is 58.1. The molecule has 1 N–H and O–H groups in total. The highest BCUT2D eigenvalue weighted by Gasteiger charge is 2.75. The summed E-state index contributed by atoms with van der Waals surface area (Å²) >= 11 is 0. The van der Waals surface area contributed by atoms with Crippen molar-refractivity contribution in [3.8, 4) is 0 Å². The van der Waals surface area contributed by atoms with Gasteiger partial charge in [0.15, 0.2) is 0 Å². The third kappa shape index (κ3) is 1.27. The van der Waals surface area contributed by atoms with Crippen LogP contribution < -0.4 is 0 Å². The molecule has 2 heterocycles. The first-order valence-corrected chi connectivity index (χ1v) is 8.26. The number of ketones is 1. The second-order valence-corrected chi connectivity index (χ2v) is 7.90. The zero-order valence-corrected chi connectivity index (χ0v) is 12.3. The Labute approximate surface area is 120 Å². The molecule has 6 atom stereocenters. The molecule has 0 amide bonds. The molecule has 2 saturated carbocycles. The van der Waals surface area contributed by atoms with Crippen molar-refractivity contribution in [2.24, 2.45) is 17.8 Å². The maximum Gasteiger partial charge on any atom is 0.142 e.